The molecule has 260 valence electrons. The summed E-state index contributed by atoms with van der Waals surface area (Å²) in [5, 5.41) is 7.40. The summed E-state index contributed by atoms with van der Waals surface area (Å²) in [4.78, 5) is 0. The van der Waals surface area contributed by atoms with Gasteiger partial charge in [0.1, 0.15) is 11.5 Å². The molecule has 12 rings (SSSR count). The van der Waals surface area contributed by atoms with E-state index in [2.05, 4.69) is 206 Å². The SMILES string of the molecule is c1ccc(C2(c3ccccc3)c3cc(-c4ccc5c(c4)-c4cccc6cccc(c46)O5)ccc3-c3ccc4c(-c5ccc6ccccc6c5)cccc4c32)cc1. The molecule has 56 heavy (non-hydrogen) atoms. The molecule has 0 fully saturated rings. The quantitative estimate of drug-likeness (QED) is 0.177. The molecule has 0 amide bonds. The van der Waals surface area contributed by atoms with E-state index in [1.54, 1.807) is 0 Å². The van der Waals surface area contributed by atoms with Crippen LogP contribution in [0.2, 0.25) is 0 Å². The van der Waals surface area contributed by atoms with Crippen LogP contribution in [0.4, 0.5) is 0 Å². The smallest absolute Gasteiger partial charge is 0.135 e. The minimum absolute atomic E-state index is 0.563. The van der Waals surface area contributed by atoms with Gasteiger partial charge >= 0.3 is 0 Å². The molecular formula is C55H34O. The maximum atomic E-state index is 6.51. The Labute approximate surface area is 325 Å². The van der Waals surface area contributed by atoms with E-state index in [-0.39, 0.29) is 0 Å². The first-order chi connectivity index (χ1) is 27.8. The fraction of sp³-hybridized carbons (Fsp3) is 0.0182. The normalized spacial score (nSPS) is 13.3. The fourth-order valence-corrected chi connectivity index (χ4v) is 9.88. The summed E-state index contributed by atoms with van der Waals surface area (Å²) in [6, 6.07) is 76.1. The molecule has 2 aliphatic rings. The van der Waals surface area contributed by atoms with E-state index >= 15 is 0 Å². The third-order valence-electron chi connectivity index (χ3n) is 12.3. The van der Waals surface area contributed by atoms with Crippen LogP contribution in [-0.4, -0.2) is 0 Å². The number of benzene rings is 10. The number of hydrogen-bond acceptors (Lipinski definition) is 1. The van der Waals surface area contributed by atoms with Crippen LogP contribution in [0.3, 0.4) is 0 Å². The maximum absolute atomic E-state index is 6.51. The Balaban J connectivity index is 1.12. The second-order valence-electron chi connectivity index (χ2n) is 15.2. The van der Waals surface area contributed by atoms with Gasteiger partial charge in [-0.25, -0.2) is 0 Å². The molecule has 1 heteroatoms. The van der Waals surface area contributed by atoms with E-state index in [1.165, 1.54) is 93.5 Å². The Bertz CT molecular complexity index is 3170. The summed E-state index contributed by atoms with van der Waals surface area (Å²) in [7, 11) is 0. The topological polar surface area (TPSA) is 9.23 Å². The molecule has 0 aromatic heterocycles. The van der Waals surface area contributed by atoms with Gasteiger partial charge in [0.25, 0.3) is 0 Å². The van der Waals surface area contributed by atoms with Crippen LogP contribution in [0.25, 0.3) is 76.8 Å². The van der Waals surface area contributed by atoms with E-state index in [0.29, 0.717) is 0 Å². The monoisotopic (exact) mass is 710 g/mol. The van der Waals surface area contributed by atoms with Crippen molar-refractivity contribution < 1.29 is 4.74 Å². The average Bonchev–Trinajstić information content (AvgIpc) is 3.57. The van der Waals surface area contributed by atoms with Crippen LogP contribution >= 0.6 is 0 Å². The van der Waals surface area contributed by atoms with Crippen LogP contribution in [0.5, 0.6) is 11.5 Å². The molecule has 10 aromatic rings. The predicted octanol–water partition coefficient (Wildman–Crippen LogP) is 14.6. The van der Waals surface area contributed by atoms with Gasteiger partial charge in [-0.05, 0) is 118 Å². The summed E-state index contributed by atoms with van der Waals surface area (Å²) in [5.41, 5.74) is 14.3. The van der Waals surface area contributed by atoms with Crippen LogP contribution in [-0.2, 0) is 5.41 Å². The van der Waals surface area contributed by atoms with Crippen molar-refractivity contribution in [2.24, 2.45) is 0 Å². The predicted molar refractivity (Wildman–Crippen MR) is 233 cm³/mol. The van der Waals surface area contributed by atoms with Crippen LogP contribution in [0.15, 0.2) is 206 Å². The molecule has 0 saturated carbocycles. The number of fused-ring (bicyclic) bond motifs is 8. The van der Waals surface area contributed by atoms with E-state index in [1.807, 2.05) is 0 Å². The Hall–Kier alpha value is -7.22. The highest BCUT2D eigenvalue weighted by Crippen LogP contribution is 2.59. The van der Waals surface area contributed by atoms with Gasteiger partial charge in [-0.15, -0.1) is 0 Å². The Morgan fingerprint density at radius 2 is 0.964 bits per heavy atom. The average molecular weight is 711 g/mol. The first-order valence-electron chi connectivity index (χ1n) is 19.4. The Kier molecular flexibility index (Phi) is 6.62. The summed E-state index contributed by atoms with van der Waals surface area (Å²) in [6.07, 6.45) is 0. The summed E-state index contributed by atoms with van der Waals surface area (Å²) in [5.74, 6) is 1.81. The van der Waals surface area contributed by atoms with Crippen molar-refractivity contribution >= 4 is 32.3 Å². The van der Waals surface area contributed by atoms with Crippen LogP contribution in [0, 0.1) is 0 Å². The van der Waals surface area contributed by atoms with Gasteiger partial charge in [0.05, 0.1) is 5.41 Å². The van der Waals surface area contributed by atoms with Crippen molar-refractivity contribution in [3.05, 3.63) is 229 Å². The second kappa shape index (κ2) is 11.9. The molecule has 0 atom stereocenters. The van der Waals surface area contributed by atoms with Crippen molar-refractivity contribution in [3.63, 3.8) is 0 Å². The molecule has 1 aliphatic heterocycles. The third-order valence-corrected chi connectivity index (χ3v) is 12.3. The zero-order valence-electron chi connectivity index (χ0n) is 30.5. The minimum Gasteiger partial charge on any atom is -0.456 e. The molecule has 0 bridgehead atoms. The molecular weight excluding hydrogens is 677 g/mol. The van der Waals surface area contributed by atoms with Crippen LogP contribution < -0.4 is 4.74 Å². The first kappa shape index (κ1) is 31.2. The van der Waals surface area contributed by atoms with E-state index in [4.69, 9.17) is 4.74 Å². The first-order valence-corrected chi connectivity index (χ1v) is 19.4. The van der Waals surface area contributed by atoms with Gasteiger partial charge in [0.15, 0.2) is 0 Å². The van der Waals surface area contributed by atoms with Gasteiger partial charge in [-0.1, -0.05) is 176 Å². The Morgan fingerprint density at radius 1 is 0.321 bits per heavy atom. The molecule has 10 aromatic carbocycles. The highest BCUT2D eigenvalue weighted by molar-refractivity contribution is 6.07. The van der Waals surface area contributed by atoms with Gasteiger partial charge in [-0.2, -0.15) is 0 Å². The van der Waals surface area contributed by atoms with E-state index in [0.717, 1.165) is 17.1 Å². The van der Waals surface area contributed by atoms with Crippen molar-refractivity contribution in [2.45, 2.75) is 5.41 Å². The lowest BCUT2D eigenvalue weighted by atomic mass is 9.66. The van der Waals surface area contributed by atoms with Gasteiger partial charge in [0, 0.05) is 10.9 Å². The lowest BCUT2D eigenvalue weighted by molar-refractivity contribution is 0.487. The van der Waals surface area contributed by atoms with Crippen LogP contribution in [0.1, 0.15) is 22.3 Å². The molecule has 0 saturated heterocycles. The molecule has 1 heterocycles. The molecule has 1 nitrogen and oxygen atoms in total. The molecule has 0 radical (unpaired) electrons. The zero-order valence-corrected chi connectivity index (χ0v) is 30.5. The third kappa shape index (κ3) is 4.37. The van der Waals surface area contributed by atoms with Crippen molar-refractivity contribution in [3.8, 4) is 56.0 Å². The number of ether oxygens (including phenoxy) is 1. The van der Waals surface area contributed by atoms with Gasteiger partial charge in [0.2, 0.25) is 0 Å². The Morgan fingerprint density at radius 3 is 1.79 bits per heavy atom. The lowest BCUT2D eigenvalue weighted by Crippen LogP contribution is -2.29. The zero-order chi connectivity index (χ0) is 36.8. The van der Waals surface area contributed by atoms with Crippen molar-refractivity contribution in [1.29, 1.82) is 0 Å². The van der Waals surface area contributed by atoms with Crippen molar-refractivity contribution in [1.82, 2.24) is 0 Å². The minimum atomic E-state index is -0.563. The van der Waals surface area contributed by atoms with Gasteiger partial charge < -0.3 is 4.74 Å². The number of rotatable bonds is 4. The van der Waals surface area contributed by atoms with Crippen molar-refractivity contribution in [2.75, 3.05) is 0 Å². The molecule has 0 N–H and O–H groups in total. The van der Waals surface area contributed by atoms with E-state index < -0.39 is 5.41 Å². The molecule has 1 aliphatic carbocycles. The molecule has 0 spiro atoms. The molecule has 0 unspecified atom stereocenters. The maximum Gasteiger partial charge on any atom is 0.135 e. The van der Waals surface area contributed by atoms with E-state index in [9.17, 15) is 0 Å². The summed E-state index contributed by atoms with van der Waals surface area (Å²) < 4.78 is 6.51. The highest BCUT2D eigenvalue weighted by atomic mass is 16.5. The van der Waals surface area contributed by atoms with Gasteiger partial charge in [-0.3, -0.25) is 0 Å². The summed E-state index contributed by atoms with van der Waals surface area (Å²) in [6.45, 7) is 0. The highest BCUT2D eigenvalue weighted by Gasteiger charge is 2.47. The summed E-state index contributed by atoms with van der Waals surface area (Å²) >= 11 is 0. The second-order valence-corrected chi connectivity index (χ2v) is 15.2. The standard InChI is InChI=1S/C55H34O/c1-3-16-41(17-4-1)55(42-18-5-2-6-19-42)50-34-39(38-27-31-51-49(33-38)46-21-9-14-36-15-10-23-52(56-51)53(36)46)26-28-45(50)48-30-29-44-43(20-11-22-47(44)54(48)55)40-25-24-35-12-7-8-13-37(35)32-40/h1-34H. The number of hydrogen-bond donors (Lipinski definition) is 0. The fourth-order valence-electron chi connectivity index (χ4n) is 9.88. The lowest BCUT2D eigenvalue weighted by Gasteiger charge is -2.35. The largest absolute Gasteiger partial charge is 0.456 e.